The van der Waals surface area contributed by atoms with Gasteiger partial charge in [-0.1, -0.05) is 36.7 Å². The van der Waals surface area contributed by atoms with Gasteiger partial charge in [-0.05, 0) is 81.4 Å². The zero-order chi connectivity index (χ0) is 26.9. The SMILES string of the molecule is C=C(C)C(=O)SCCC1CSC(C(SC)C2CCC(C(SC)C3SCC(CSC(=O)C(=C)C)S3)CC2)S1. The molecule has 0 aromatic heterocycles. The summed E-state index contributed by atoms with van der Waals surface area (Å²) in [7, 11) is 0. The normalized spacial score (nSPS) is 31.7. The first kappa shape index (κ1) is 33.1. The maximum atomic E-state index is 12.0. The Bertz CT molecular complexity index is 797. The van der Waals surface area contributed by atoms with Gasteiger partial charge < -0.3 is 0 Å². The molecule has 0 spiro atoms. The van der Waals surface area contributed by atoms with Gasteiger partial charge in [0.1, 0.15) is 0 Å². The Morgan fingerprint density at radius 2 is 1.24 bits per heavy atom. The van der Waals surface area contributed by atoms with Crippen molar-refractivity contribution in [1.29, 1.82) is 0 Å². The lowest BCUT2D eigenvalue weighted by Gasteiger charge is -2.39. The van der Waals surface area contributed by atoms with Gasteiger partial charge in [-0.3, -0.25) is 9.59 Å². The van der Waals surface area contributed by atoms with E-state index in [0.29, 0.717) is 30.8 Å². The van der Waals surface area contributed by atoms with Crippen molar-refractivity contribution in [3.8, 4) is 0 Å². The lowest BCUT2D eigenvalue weighted by atomic mass is 9.79. The molecule has 2 nitrogen and oxygen atoms in total. The van der Waals surface area contributed by atoms with Gasteiger partial charge in [0.15, 0.2) is 0 Å². The molecule has 0 N–H and O–H groups in total. The minimum atomic E-state index is 0.149. The second-order valence-corrected chi connectivity index (χ2v) is 20.0. The summed E-state index contributed by atoms with van der Waals surface area (Å²) >= 11 is 15.7. The second kappa shape index (κ2) is 16.9. The summed E-state index contributed by atoms with van der Waals surface area (Å²) in [6.07, 6.45) is 11.2. The Morgan fingerprint density at radius 1 is 0.784 bits per heavy atom. The lowest BCUT2D eigenvalue weighted by Crippen LogP contribution is -2.34. The Labute approximate surface area is 259 Å². The summed E-state index contributed by atoms with van der Waals surface area (Å²) < 4.78 is 1.36. The van der Waals surface area contributed by atoms with Crippen LogP contribution in [0.15, 0.2) is 24.3 Å². The highest BCUT2D eigenvalue weighted by atomic mass is 32.2. The molecule has 0 bridgehead atoms. The fourth-order valence-electron chi connectivity index (χ4n) is 5.08. The van der Waals surface area contributed by atoms with Gasteiger partial charge in [0.25, 0.3) is 0 Å². The summed E-state index contributed by atoms with van der Waals surface area (Å²) in [5.74, 6) is 5.89. The van der Waals surface area contributed by atoms with E-state index in [9.17, 15) is 9.59 Å². The number of hydrogen-bond acceptors (Lipinski definition) is 10. The molecule has 1 saturated carbocycles. The van der Waals surface area contributed by atoms with E-state index in [0.717, 1.165) is 40.3 Å². The molecule has 0 aromatic rings. The van der Waals surface area contributed by atoms with Crippen molar-refractivity contribution in [2.45, 2.75) is 76.1 Å². The van der Waals surface area contributed by atoms with Crippen LogP contribution in [0, 0.1) is 11.8 Å². The molecule has 2 heterocycles. The van der Waals surface area contributed by atoms with Crippen LogP contribution in [0.3, 0.4) is 0 Å². The Kier molecular flexibility index (Phi) is 15.1. The average Bonchev–Trinajstić information content (AvgIpc) is 3.54. The molecule has 3 fully saturated rings. The number of hydrogen-bond donors (Lipinski definition) is 0. The van der Waals surface area contributed by atoms with Gasteiger partial charge in [0.2, 0.25) is 10.2 Å². The largest absolute Gasteiger partial charge is 0.282 e. The van der Waals surface area contributed by atoms with Crippen LogP contribution >= 0.6 is 94.1 Å². The van der Waals surface area contributed by atoms with E-state index in [-0.39, 0.29) is 10.2 Å². The van der Waals surface area contributed by atoms with Crippen molar-refractivity contribution in [1.82, 2.24) is 0 Å². The van der Waals surface area contributed by atoms with Gasteiger partial charge in [-0.2, -0.15) is 23.5 Å². The van der Waals surface area contributed by atoms with E-state index >= 15 is 0 Å². The monoisotopic (exact) mass is 654 g/mol. The van der Waals surface area contributed by atoms with Crippen molar-refractivity contribution in [2.24, 2.45) is 11.8 Å². The molecule has 2 aliphatic heterocycles. The first-order chi connectivity index (χ1) is 17.7. The van der Waals surface area contributed by atoms with Crippen LogP contribution in [0.1, 0.15) is 46.0 Å². The van der Waals surface area contributed by atoms with Crippen molar-refractivity contribution >= 4 is 104 Å². The maximum absolute atomic E-state index is 12.0. The third-order valence-electron chi connectivity index (χ3n) is 7.14. The van der Waals surface area contributed by atoms with Crippen LogP contribution < -0.4 is 0 Å². The molecule has 0 radical (unpaired) electrons. The first-order valence-corrected chi connectivity index (χ1v) is 21.5. The highest BCUT2D eigenvalue weighted by Crippen LogP contribution is 2.52. The molecule has 3 rings (SSSR count). The molecule has 6 unspecified atom stereocenters. The second-order valence-electron chi connectivity index (χ2n) is 10.1. The predicted molar refractivity (Wildman–Crippen MR) is 184 cm³/mol. The van der Waals surface area contributed by atoms with Crippen molar-refractivity contribution < 1.29 is 9.59 Å². The molecule has 37 heavy (non-hydrogen) atoms. The van der Waals surface area contributed by atoms with E-state index in [1.807, 2.05) is 13.8 Å². The Balaban J connectivity index is 1.42. The van der Waals surface area contributed by atoms with E-state index in [1.165, 1.54) is 60.7 Å². The standard InChI is InChI=1S/C27H42O2S8/c1-16(2)24(28)32-12-11-20-13-34-26(36-20)22(30-5)18-7-9-19(10-8-18)23(31-6)27-35-15-21(37-27)14-33-25(29)17(3)4/h18-23,26-27H,1,3,7-15H2,2,4-6H3. The molecular formula is C27H42O2S8. The minimum absolute atomic E-state index is 0.149. The van der Waals surface area contributed by atoms with Gasteiger partial charge in [-0.15, -0.1) is 47.0 Å². The van der Waals surface area contributed by atoms with Gasteiger partial charge >= 0.3 is 0 Å². The van der Waals surface area contributed by atoms with Crippen molar-refractivity contribution in [2.75, 3.05) is 35.5 Å². The molecule has 1 aliphatic carbocycles. The summed E-state index contributed by atoms with van der Waals surface area (Å²) in [5, 5.41) is 3.02. The van der Waals surface area contributed by atoms with Crippen molar-refractivity contribution in [3.05, 3.63) is 24.3 Å². The molecule has 3 aliphatic rings. The molecule has 0 aromatic carbocycles. The number of carbonyl (C=O) groups excluding carboxylic acids is 2. The topological polar surface area (TPSA) is 34.1 Å². The van der Waals surface area contributed by atoms with Crippen LogP contribution in [0.25, 0.3) is 0 Å². The molecule has 0 amide bonds. The van der Waals surface area contributed by atoms with E-state index in [1.54, 1.807) is 0 Å². The Hall–Kier alpha value is 1.62. The van der Waals surface area contributed by atoms with Crippen LogP contribution in [0.4, 0.5) is 0 Å². The molecule has 10 heteroatoms. The Morgan fingerprint density at radius 3 is 1.73 bits per heavy atom. The smallest absolute Gasteiger partial charge is 0.214 e. The van der Waals surface area contributed by atoms with Crippen molar-refractivity contribution in [3.63, 3.8) is 0 Å². The van der Waals surface area contributed by atoms with E-state index < -0.39 is 0 Å². The third-order valence-corrected chi connectivity index (χ3v) is 19.6. The number of thioether (sulfide) groups is 8. The lowest BCUT2D eigenvalue weighted by molar-refractivity contribution is -0.108. The summed E-state index contributed by atoms with van der Waals surface area (Å²) in [6.45, 7) is 11.2. The molecule has 2 saturated heterocycles. The van der Waals surface area contributed by atoms with Gasteiger partial charge in [-0.25, -0.2) is 0 Å². The molecule has 210 valence electrons. The van der Waals surface area contributed by atoms with Crippen LogP contribution in [-0.2, 0) is 9.59 Å². The summed E-state index contributed by atoms with van der Waals surface area (Å²) in [6, 6.07) is 0. The number of rotatable bonds is 13. The van der Waals surface area contributed by atoms with Crippen LogP contribution in [0.5, 0.6) is 0 Å². The molecular weight excluding hydrogens is 613 g/mol. The van der Waals surface area contributed by atoms with E-state index in [4.69, 9.17) is 0 Å². The fraction of sp³-hybridized carbons (Fsp3) is 0.778. The third kappa shape index (κ3) is 10.1. The number of carbonyl (C=O) groups is 2. The summed E-state index contributed by atoms with van der Waals surface area (Å²) in [4.78, 5) is 23.8. The quantitative estimate of drug-likeness (QED) is 0.180. The van der Waals surface area contributed by atoms with Gasteiger partial charge in [0, 0.05) is 44.0 Å². The van der Waals surface area contributed by atoms with Gasteiger partial charge in [0.05, 0.1) is 9.16 Å². The van der Waals surface area contributed by atoms with Crippen LogP contribution in [-0.4, -0.2) is 75.9 Å². The highest BCUT2D eigenvalue weighted by molar-refractivity contribution is 8.22. The van der Waals surface area contributed by atoms with Crippen LogP contribution in [0.2, 0.25) is 0 Å². The fourth-order valence-corrected chi connectivity index (χ4v) is 18.2. The maximum Gasteiger partial charge on any atom is 0.214 e. The zero-order valence-corrected chi connectivity index (χ0v) is 29.0. The predicted octanol–water partition coefficient (Wildman–Crippen LogP) is 8.67. The highest BCUT2D eigenvalue weighted by Gasteiger charge is 2.41. The first-order valence-electron chi connectivity index (χ1n) is 13.0. The molecule has 6 atom stereocenters. The minimum Gasteiger partial charge on any atom is -0.282 e. The zero-order valence-electron chi connectivity index (χ0n) is 22.5. The average molecular weight is 655 g/mol. The summed E-state index contributed by atoms with van der Waals surface area (Å²) in [5.41, 5.74) is 1.33. The van der Waals surface area contributed by atoms with E-state index in [2.05, 4.69) is 96.2 Å².